The van der Waals surface area contributed by atoms with Crippen molar-refractivity contribution in [2.24, 2.45) is 5.92 Å². The normalized spacial score (nSPS) is 15.8. The van der Waals surface area contributed by atoms with Crippen molar-refractivity contribution in [2.45, 2.75) is 32.5 Å². The lowest BCUT2D eigenvalue weighted by molar-refractivity contribution is -0.151. The first-order valence-electron chi connectivity index (χ1n) is 10.7. The smallest absolute Gasteiger partial charge is 0.418 e. The summed E-state index contributed by atoms with van der Waals surface area (Å²) < 4.78 is 49.2. The molecular formula is C24H23F3N2O6. The maximum absolute atomic E-state index is 13.0. The van der Waals surface area contributed by atoms with Gasteiger partial charge in [-0.2, -0.15) is 13.2 Å². The minimum absolute atomic E-state index is 0.00796. The van der Waals surface area contributed by atoms with E-state index in [-0.39, 0.29) is 25.0 Å². The van der Waals surface area contributed by atoms with Gasteiger partial charge in [0.25, 0.3) is 5.91 Å². The molecule has 1 atom stereocenters. The molecule has 11 heteroatoms. The predicted octanol–water partition coefficient (Wildman–Crippen LogP) is 3.81. The van der Waals surface area contributed by atoms with Crippen LogP contribution < -0.4 is 10.2 Å². The third kappa shape index (κ3) is 6.58. The molecule has 2 aromatic carbocycles. The summed E-state index contributed by atoms with van der Waals surface area (Å²) in [5, 5.41) is 2.08. The number of amides is 2. The monoisotopic (exact) mass is 492 g/mol. The lowest BCUT2D eigenvalue weighted by atomic mass is 10.1. The second kappa shape index (κ2) is 10.6. The third-order valence-electron chi connectivity index (χ3n) is 5.07. The summed E-state index contributed by atoms with van der Waals surface area (Å²) >= 11 is 0. The molecule has 1 aliphatic heterocycles. The van der Waals surface area contributed by atoms with Crippen LogP contribution in [0.25, 0.3) is 0 Å². The van der Waals surface area contributed by atoms with Crippen molar-refractivity contribution in [3.63, 3.8) is 0 Å². The Labute approximate surface area is 199 Å². The topological polar surface area (TPSA) is 102 Å². The van der Waals surface area contributed by atoms with Crippen molar-refractivity contribution < 1.29 is 41.8 Å². The van der Waals surface area contributed by atoms with E-state index in [9.17, 15) is 32.3 Å². The lowest BCUT2D eigenvalue weighted by Gasteiger charge is -2.17. The maximum atomic E-state index is 13.0. The highest BCUT2D eigenvalue weighted by Gasteiger charge is 2.37. The van der Waals surface area contributed by atoms with Crippen molar-refractivity contribution in [1.29, 1.82) is 0 Å². The van der Waals surface area contributed by atoms with E-state index in [0.29, 0.717) is 11.3 Å². The standard InChI is InChI=1S/C24H23F3N2O6/c1-14(2)35-23(33)15-7-9-17(10-8-15)29-12-16(11-21(29)31)22(32)34-13-20(30)28-19-6-4-3-5-18(19)24(25,26)27/h3-10,14,16H,11-13H2,1-2H3,(H,28,30)/t16-/m0/s1. The van der Waals surface area contributed by atoms with Crippen molar-refractivity contribution in [3.8, 4) is 0 Å². The molecule has 35 heavy (non-hydrogen) atoms. The van der Waals surface area contributed by atoms with Gasteiger partial charge in [-0.25, -0.2) is 4.79 Å². The van der Waals surface area contributed by atoms with E-state index < -0.39 is 47.8 Å². The lowest BCUT2D eigenvalue weighted by Crippen LogP contribution is -2.28. The Morgan fingerprint density at radius 3 is 2.37 bits per heavy atom. The maximum Gasteiger partial charge on any atom is 0.418 e. The van der Waals surface area contributed by atoms with E-state index >= 15 is 0 Å². The first kappa shape index (κ1) is 25.7. The first-order valence-corrected chi connectivity index (χ1v) is 10.7. The largest absolute Gasteiger partial charge is 0.459 e. The van der Waals surface area contributed by atoms with Crippen LogP contribution >= 0.6 is 0 Å². The number of benzene rings is 2. The number of hydrogen-bond acceptors (Lipinski definition) is 6. The van der Waals surface area contributed by atoms with Crippen LogP contribution in [0, 0.1) is 5.92 Å². The fourth-order valence-corrected chi connectivity index (χ4v) is 3.45. The molecule has 1 N–H and O–H groups in total. The Hall–Kier alpha value is -3.89. The van der Waals surface area contributed by atoms with Gasteiger partial charge in [0.15, 0.2) is 6.61 Å². The van der Waals surface area contributed by atoms with Crippen LogP contribution in [0.3, 0.4) is 0 Å². The summed E-state index contributed by atoms with van der Waals surface area (Å²) in [5.74, 6) is -3.48. The van der Waals surface area contributed by atoms with Crippen molar-refractivity contribution in [1.82, 2.24) is 0 Å². The van der Waals surface area contributed by atoms with E-state index in [0.717, 1.165) is 12.1 Å². The number of nitrogens with zero attached hydrogens (tertiary/aromatic N) is 1. The Morgan fingerprint density at radius 1 is 1.09 bits per heavy atom. The van der Waals surface area contributed by atoms with Crippen LogP contribution in [0.2, 0.25) is 0 Å². The summed E-state index contributed by atoms with van der Waals surface area (Å²) in [4.78, 5) is 50.1. The molecule has 3 rings (SSSR count). The van der Waals surface area contributed by atoms with Gasteiger partial charge in [-0.3, -0.25) is 14.4 Å². The number of ether oxygens (including phenoxy) is 2. The molecule has 2 amide bonds. The number of alkyl halides is 3. The minimum atomic E-state index is -4.67. The van der Waals surface area contributed by atoms with Gasteiger partial charge in [0, 0.05) is 18.7 Å². The van der Waals surface area contributed by atoms with Crippen molar-refractivity contribution in [2.75, 3.05) is 23.4 Å². The molecule has 0 radical (unpaired) electrons. The highest BCUT2D eigenvalue weighted by atomic mass is 19.4. The molecule has 1 fully saturated rings. The number of hydrogen-bond donors (Lipinski definition) is 1. The molecule has 0 unspecified atom stereocenters. The Balaban J connectivity index is 1.55. The average Bonchev–Trinajstić information content (AvgIpc) is 3.18. The van der Waals surface area contributed by atoms with Crippen LogP contribution in [0.1, 0.15) is 36.2 Å². The summed E-state index contributed by atoms with van der Waals surface area (Å²) in [6, 6.07) is 10.5. The third-order valence-corrected chi connectivity index (χ3v) is 5.07. The van der Waals surface area contributed by atoms with Gasteiger partial charge in [-0.15, -0.1) is 0 Å². The highest BCUT2D eigenvalue weighted by Crippen LogP contribution is 2.34. The number of para-hydroxylation sites is 1. The number of rotatable bonds is 7. The minimum Gasteiger partial charge on any atom is -0.459 e. The fraction of sp³-hybridized carbons (Fsp3) is 0.333. The van der Waals surface area contributed by atoms with E-state index in [1.807, 2.05) is 0 Å². The predicted molar refractivity (Wildman–Crippen MR) is 118 cm³/mol. The number of halogens is 3. The van der Waals surface area contributed by atoms with Gasteiger partial charge < -0.3 is 19.7 Å². The molecule has 2 aromatic rings. The Bertz CT molecular complexity index is 1110. The number of carbonyl (C=O) groups is 4. The van der Waals surface area contributed by atoms with Crippen LogP contribution in [0.5, 0.6) is 0 Å². The zero-order valence-electron chi connectivity index (χ0n) is 18.9. The van der Waals surface area contributed by atoms with Gasteiger partial charge in [0.2, 0.25) is 5.91 Å². The molecule has 0 bridgehead atoms. The molecule has 186 valence electrons. The second-order valence-electron chi connectivity index (χ2n) is 8.11. The summed E-state index contributed by atoms with van der Waals surface area (Å²) in [5.41, 5.74) is -0.708. The Kier molecular flexibility index (Phi) is 7.78. The molecule has 1 heterocycles. The quantitative estimate of drug-likeness (QED) is 0.590. The zero-order chi connectivity index (χ0) is 25.8. The van der Waals surface area contributed by atoms with Gasteiger partial charge in [-0.05, 0) is 50.2 Å². The van der Waals surface area contributed by atoms with Crippen LogP contribution in [0.15, 0.2) is 48.5 Å². The number of carbonyl (C=O) groups excluding carboxylic acids is 4. The fourth-order valence-electron chi connectivity index (χ4n) is 3.45. The molecule has 1 aliphatic rings. The van der Waals surface area contributed by atoms with Crippen LogP contribution in [-0.2, 0) is 30.0 Å². The summed E-state index contributed by atoms with van der Waals surface area (Å²) in [6.07, 6.45) is -5.11. The molecule has 0 saturated carbocycles. The molecule has 0 spiro atoms. The summed E-state index contributed by atoms with van der Waals surface area (Å²) in [7, 11) is 0. The molecule has 0 aromatic heterocycles. The summed E-state index contributed by atoms with van der Waals surface area (Å²) in [6.45, 7) is 2.63. The first-order chi connectivity index (χ1) is 16.5. The molecule has 8 nitrogen and oxygen atoms in total. The van der Waals surface area contributed by atoms with Gasteiger partial charge in [-0.1, -0.05) is 12.1 Å². The van der Waals surface area contributed by atoms with Gasteiger partial charge >= 0.3 is 18.1 Å². The van der Waals surface area contributed by atoms with Crippen LogP contribution in [0.4, 0.5) is 24.5 Å². The van der Waals surface area contributed by atoms with Crippen molar-refractivity contribution >= 4 is 35.1 Å². The zero-order valence-corrected chi connectivity index (χ0v) is 18.9. The SMILES string of the molecule is CC(C)OC(=O)c1ccc(N2C[C@@H](C(=O)OCC(=O)Nc3ccccc3C(F)(F)F)CC2=O)cc1. The van der Waals surface area contributed by atoms with E-state index in [1.165, 1.54) is 29.2 Å². The van der Waals surface area contributed by atoms with Crippen molar-refractivity contribution in [3.05, 3.63) is 59.7 Å². The molecule has 1 saturated heterocycles. The second-order valence-corrected chi connectivity index (χ2v) is 8.11. The number of esters is 2. The number of nitrogens with one attached hydrogen (secondary N) is 1. The Morgan fingerprint density at radius 2 is 1.74 bits per heavy atom. The van der Waals surface area contributed by atoms with Gasteiger partial charge in [0.05, 0.1) is 28.8 Å². The molecular weight excluding hydrogens is 469 g/mol. The van der Waals surface area contributed by atoms with E-state index in [4.69, 9.17) is 9.47 Å². The van der Waals surface area contributed by atoms with E-state index in [1.54, 1.807) is 26.0 Å². The van der Waals surface area contributed by atoms with Gasteiger partial charge in [0.1, 0.15) is 0 Å². The highest BCUT2D eigenvalue weighted by molar-refractivity contribution is 6.00. The molecule has 0 aliphatic carbocycles. The van der Waals surface area contributed by atoms with Crippen LogP contribution in [-0.4, -0.2) is 43.0 Å². The number of anilines is 2. The van der Waals surface area contributed by atoms with E-state index in [2.05, 4.69) is 5.32 Å². The average molecular weight is 492 g/mol.